The maximum Gasteiger partial charge on any atom is 0.125 e. The Morgan fingerprint density at radius 3 is 2.94 bits per heavy atom. The summed E-state index contributed by atoms with van der Waals surface area (Å²) in [6.45, 7) is 2.48. The molecule has 1 aromatic heterocycles. The summed E-state index contributed by atoms with van der Waals surface area (Å²) < 4.78 is 26.5. The first kappa shape index (κ1) is 13.5. The Kier molecular flexibility index (Phi) is 4.35. The van der Waals surface area contributed by atoms with E-state index in [0.29, 0.717) is 29.4 Å². The summed E-state index contributed by atoms with van der Waals surface area (Å²) in [5, 5.41) is 0. The Morgan fingerprint density at radius 1 is 1.50 bits per heavy atom. The van der Waals surface area contributed by atoms with Crippen LogP contribution in [0.4, 0.5) is 4.39 Å². The van der Waals surface area contributed by atoms with E-state index in [1.54, 1.807) is 6.07 Å². The van der Waals surface area contributed by atoms with E-state index >= 15 is 0 Å². The van der Waals surface area contributed by atoms with Crippen LogP contribution >= 0.6 is 11.6 Å². The largest absolute Gasteiger partial charge is 0.326 e. The summed E-state index contributed by atoms with van der Waals surface area (Å²) in [5.41, 5.74) is 1.42. The van der Waals surface area contributed by atoms with Crippen LogP contribution in [0, 0.1) is 5.82 Å². The topological polar surface area (TPSA) is 34.9 Å². The summed E-state index contributed by atoms with van der Waals surface area (Å²) in [5.74, 6) is 1.83. The van der Waals surface area contributed by atoms with Crippen molar-refractivity contribution in [2.45, 2.75) is 19.3 Å². The fourth-order valence-corrected chi connectivity index (χ4v) is 2.72. The lowest BCUT2D eigenvalue weighted by molar-refractivity contribution is 0.629. The number of hydrogen-bond donors (Lipinski definition) is 0. The number of alkyl halides is 1. The van der Waals surface area contributed by atoms with Gasteiger partial charge in [0.1, 0.15) is 11.6 Å². The van der Waals surface area contributed by atoms with Gasteiger partial charge in [0.05, 0.1) is 16.9 Å². The van der Waals surface area contributed by atoms with Gasteiger partial charge in [-0.3, -0.25) is 4.21 Å². The number of aryl methyl sites for hydroxylation is 1. The van der Waals surface area contributed by atoms with Crippen molar-refractivity contribution in [2.24, 2.45) is 0 Å². The van der Waals surface area contributed by atoms with Gasteiger partial charge in [-0.1, -0.05) is 6.92 Å². The van der Waals surface area contributed by atoms with E-state index < -0.39 is 10.8 Å². The predicted octanol–water partition coefficient (Wildman–Crippen LogP) is 2.68. The van der Waals surface area contributed by atoms with E-state index in [-0.39, 0.29) is 11.7 Å². The predicted molar refractivity (Wildman–Crippen MR) is 72.8 cm³/mol. The first-order valence-corrected chi connectivity index (χ1v) is 7.73. The Bertz CT molecular complexity index is 585. The molecule has 0 saturated heterocycles. The number of fused-ring (bicyclic) bond motifs is 1. The second kappa shape index (κ2) is 5.80. The summed E-state index contributed by atoms with van der Waals surface area (Å²) in [6, 6.07) is 4.47. The van der Waals surface area contributed by atoms with Gasteiger partial charge < -0.3 is 4.57 Å². The van der Waals surface area contributed by atoms with E-state index in [1.165, 1.54) is 12.1 Å². The van der Waals surface area contributed by atoms with Crippen LogP contribution in [0.5, 0.6) is 0 Å². The van der Waals surface area contributed by atoms with Crippen molar-refractivity contribution in [1.29, 1.82) is 0 Å². The third-order valence-electron chi connectivity index (χ3n) is 2.77. The molecule has 3 nitrogen and oxygen atoms in total. The minimum absolute atomic E-state index is 0.259. The van der Waals surface area contributed by atoms with Crippen molar-refractivity contribution in [2.75, 3.05) is 11.5 Å². The van der Waals surface area contributed by atoms with E-state index in [4.69, 9.17) is 11.6 Å². The zero-order chi connectivity index (χ0) is 13.1. The van der Waals surface area contributed by atoms with Gasteiger partial charge in [-0.15, -0.1) is 11.6 Å². The first-order valence-electron chi connectivity index (χ1n) is 5.71. The maximum absolute atomic E-state index is 13.1. The van der Waals surface area contributed by atoms with Gasteiger partial charge in [0.25, 0.3) is 0 Å². The molecule has 0 saturated carbocycles. The van der Waals surface area contributed by atoms with Crippen molar-refractivity contribution in [1.82, 2.24) is 9.55 Å². The quantitative estimate of drug-likeness (QED) is 0.793. The second-order valence-corrected chi connectivity index (χ2v) is 6.01. The van der Waals surface area contributed by atoms with Gasteiger partial charge in [0.15, 0.2) is 0 Å². The smallest absolute Gasteiger partial charge is 0.125 e. The molecule has 98 valence electrons. The molecule has 1 aromatic carbocycles. The molecule has 0 radical (unpaired) electrons. The molecular weight excluding hydrogens is 275 g/mol. The highest BCUT2D eigenvalue weighted by molar-refractivity contribution is 7.84. The lowest BCUT2D eigenvalue weighted by atomic mass is 10.3. The lowest BCUT2D eigenvalue weighted by Crippen LogP contribution is -2.11. The minimum atomic E-state index is -0.835. The van der Waals surface area contributed by atoms with E-state index in [0.717, 1.165) is 5.52 Å². The van der Waals surface area contributed by atoms with Gasteiger partial charge in [-0.2, -0.15) is 0 Å². The molecule has 2 aromatic rings. The number of halogens is 2. The molecule has 0 fully saturated rings. The van der Waals surface area contributed by atoms with Gasteiger partial charge in [0, 0.05) is 34.9 Å². The van der Waals surface area contributed by atoms with Gasteiger partial charge in [-0.05, 0) is 12.1 Å². The van der Waals surface area contributed by atoms with Crippen LogP contribution in [0.3, 0.4) is 0 Å². The monoisotopic (exact) mass is 288 g/mol. The van der Waals surface area contributed by atoms with Crippen molar-refractivity contribution in [3.05, 3.63) is 29.8 Å². The fraction of sp³-hybridized carbons (Fsp3) is 0.417. The lowest BCUT2D eigenvalue weighted by Gasteiger charge is -2.06. The van der Waals surface area contributed by atoms with Gasteiger partial charge >= 0.3 is 0 Å². The van der Waals surface area contributed by atoms with Crippen LogP contribution in [-0.2, 0) is 23.2 Å². The van der Waals surface area contributed by atoms with Crippen LogP contribution in [0.1, 0.15) is 12.7 Å². The molecule has 0 bridgehead atoms. The number of imidazole rings is 1. The molecule has 0 spiro atoms. The molecule has 2 rings (SSSR count). The number of benzene rings is 1. The minimum Gasteiger partial charge on any atom is -0.326 e. The van der Waals surface area contributed by atoms with Gasteiger partial charge in [-0.25, -0.2) is 9.37 Å². The number of aromatic nitrogens is 2. The molecule has 6 heteroatoms. The summed E-state index contributed by atoms with van der Waals surface area (Å²) in [6.07, 6.45) is 0. The summed E-state index contributed by atoms with van der Waals surface area (Å²) in [7, 11) is -0.835. The average Bonchev–Trinajstić information content (AvgIpc) is 2.72. The number of rotatable bonds is 5. The molecule has 0 amide bonds. The Morgan fingerprint density at radius 2 is 2.28 bits per heavy atom. The van der Waals surface area contributed by atoms with Crippen molar-refractivity contribution in [3.8, 4) is 0 Å². The average molecular weight is 289 g/mol. The highest BCUT2D eigenvalue weighted by Gasteiger charge is 2.11. The highest BCUT2D eigenvalue weighted by Crippen LogP contribution is 2.18. The normalized spacial score (nSPS) is 13.1. The molecule has 0 aliphatic carbocycles. The maximum atomic E-state index is 13.1. The highest BCUT2D eigenvalue weighted by atomic mass is 35.5. The van der Waals surface area contributed by atoms with E-state index in [9.17, 15) is 8.60 Å². The van der Waals surface area contributed by atoms with Crippen LogP contribution in [0.25, 0.3) is 11.0 Å². The first-order chi connectivity index (χ1) is 8.65. The number of hydrogen-bond acceptors (Lipinski definition) is 2. The van der Waals surface area contributed by atoms with Crippen LogP contribution < -0.4 is 0 Å². The molecule has 0 N–H and O–H groups in total. The van der Waals surface area contributed by atoms with Crippen molar-refractivity contribution < 1.29 is 8.60 Å². The van der Waals surface area contributed by atoms with Crippen molar-refractivity contribution >= 4 is 33.4 Å². The SMILES string of the molecule is CCS(=O)CCn1c(CCl)nc2cc(F)ccc21. The van der Waals surface area contributed by atoms with E-state index in [2.05, 4.69) is 4.98 Å². The van der Waals surface area contributed by atoms with Crippen LogP contribution in [0.2, 0.25) is 0 Å². The molecule has 0 aliphatic rings. The Balaban J connectivity index is 2.37. The zero-order valence-corrected chi connectivity index (χ0v) is 11.6. The molecule has 1 unspecified atom stereocenters. The third-order valence-corrected chi connectivity index (χ3v) is 4.29. The Labute approximate surface area is 112 Å². The molecule has 1 atom stereocenters. The number of nitrogens with zero attached hydrogens (tertiary/aromatic N) is 2. The molecular formula is C12H14ClFN2OS. The summed E-state index contributed by atoms with van der Waals surface area (Å²) >= 11 is 5.84. The molecule has 1 heterocycles. The second-order valence-electron chi connectivity index (χ2n) is 3.88. The zero-order valence-electron chi connectivity index (χ0n) is 10.0. The standard InChI is InChI=1S/C12H14ClFN2OS/c1-2-18(17)6-5-16-11-4-3-9(14)7-10(11)15-12(16)8-13/h3-4,7H,2,5-6,8H2,1H3. The third kappa shape index (κ3) is 2.72. The Hall–Kier alpha value is -0.940. The van der Waals surface area contributed by atoms with Gasteiger partial charge in [0.2, 0.25) is 0 Å². The van der Waals surface area contributed by atoms with Crippen LogP contribution in [0.15, 0.2) is 18.2 Å². The van der Waals surface area contributed by atoms with Crippen LogP contribution in [-0.4, -0.2) is 25.3 Å². The summed E-state index contributed by atoms with van der Waals surface area (Å²) in [4.78, 5) is 4.29. The van der Waals surface area contributed by atoms with E-state index in [1.807, 2.05) is 11.5 Å². The molecule has 18 heavy (non-hydrogen) atoms. The van der Waals surface area contributed by atoms with Crippen molar-refractivity contribution in [3.63, 3.8) is 0 Å². The fourth-order valence-electron chi connectivity index (χ4n) is 1.84. The molecule has 0 aliphatic heterocycles.